The second-order valence-electron chi connectivity index (χ2n) is 11.6. The van der Waals surface area contributed by atoms with Crippen molar-refractivity contribution in [1.29, 1.82) is 0 Å². The lowest BCUT2D eigenvalue weighted by atomic mass is 9.85. The van der Waals surface area contributed by atoms with Crippen LogP contribution in [0.15, 0.2) is 146 Å². The number of hydrogen-bond donors (Lipinski definition) is 0. The summed E-state index contributed by atoms with van der Waals surface area (Å²) in [4.78, 5) is 0. The molecule has 0 fully saturated rings. The summed E-state index contributed by atoms with van der Waals surface area (Å²) in [6, 6.07) is 54.1. The molecule has 0 amide bonds. The number of benzene rings is 8. The summed E-state index contributed by atoms with van der Waals surface area (Å²) in [6.45, 7) is 0. The highest BCUT2D eigenvalue weighted by atomic mass is 14.2. The topological polar surface area (TPSA) is 0 Å². The van der Waals surface area contributed by atoms with Crippen LogP contribution in [0.1, 0.15) is 11.1 Å². The second kappa shape index (κ2) is 9.16. The predicted molar refractivity (Wildman–Crippen MR) is 180 cm³/mol. The number of aryl methyl sites for hydroxylation is 2. The molecule has 196 valence electrons. The lowest BCUT2D eigenvalue weighted by molar-refractivity contribution is 1.02. The van der Waals surface area contributed by atoms with E-state index in [1.165, 1.54) is 87.6 Å². The first-order valence-corrected chi connectivity index (χ1v) is 14.9. The van der Waals surface area contributed by atoms with Crippen molar-refractivity contribution in [2.45, 2.75) is 12.8 Å². The Bertz CT molecular complexity index is 2280. The molecule has 0 spiro atoms. The zero-order chi connectivity index (χ0) is 27.6. The summed E-state index contributed by atoms with van der Waals surface area (Å²) in [5.74, 6) is 0. The summed E-state index contributed by atoms with van der Waals surface area (Å²) in [7, 11) is 0. The molecule has 1 aliphatic carbocycles. The van der Waals surface area contributed by atoms with E-state index >= 15 is 0 Å². The van der Waals surface area contributed by atoms with Gasteiger partial charge in [-0.3, -0.25) is 0 Å². The zero-order valence-electron chi connectivity index (χ0n) is 23.3. The smallest absolute Gasteiger partial charge is 0.00261 e. The van der Waals surface area contributed by atoms with Gasteiger partial charge in [0, 0.05) is 0 Å². The number of hydrogen-bond acceptors (Lipinski definition) is 0. The van der Waals surface area contributed by atoms with Gasteiger partial charge in [-0.1, -0.05) is 140 Å². The highest BCUT2D eigenvalue weighted by Crippen LogP contribution is 2.45. The van der Waals surface area contributed by atoms with E-state index < -0.39 is 0 Å². The van der Waals surface area contributed by atoms with E-state index in [0.717, 1.165) is 12.8 Å². The molecule has 1 aliphatic rings. The van der Waals surface area contributed by atoms with Gasteiger partial charge in [0.05, 0.1) is 0 Å². The molecule has 0 radical (unpaired) electrons. The summed E-state index contributed by atoms with van der Waals surface area (Å²) < 4.78 is 0. The van der Waals surface area contributed by atoms with Crippen molar-refractivity contribution in [1.82, 2.24) is 0 Å². The molecule has 0 heteroatoms. The van der Waals surface area contributed by atoms with E-state index in [2.05, 4.69) is 146 Å². The molecule has 0 saturated heterocycles. The predicted octanol–water partition coefficient (Wildman–Crippen LogP) is 11.4. The molecule has 0 heterocycles. The minimum Gasteiger partial charge on any atom is -0.0616 e. The van der Waals surface area contributed by atoms with Gasteiger partial charge in [0.2, 0.25) is 0 Å². The molecule has 9 rings (SSSR count). The van der Waals surface area contributed by atoms with Crippen molar-refractivity contribution in [3.05, 3.63) is 157 Å². The fourth-order valence-electron chi connectivity index (χ4n) is 7.46. The van der Waals surface area contributed by atoms with Gasteiger partial charge in [-0.2, -0.15) is 0 Å². The van der Waals surface area contributed by atoms with Gasteiger partial charge in [0.1, 0.15) is 0 Å². The van der Waals surface area contributed by atoms with Gasteiger partial charge < -0.3 is 0 Å². The molecule has 8 aromatic carbocycles. The molecule has 0 N–H and O–H groups in total. The van der Waals surface area contributed by atoms with Crippen molar-refractivity contribution < 1.29 is 0 Å². The SMILES string of the molecule is c1ccc2c(-c3ccc(-c4c5ccccc5c(-c5cc6c7c(cccc7c5)CC6)c5ccccc45)cc3)cccc2c1. The third kappa shape index (κ3) is 3.49. The highest BCUT2D eigenvalue weighted by Gasteiger charge is 2.20. The van der Waals surface area contributed by atoms with Crippen LogP contribution >= 0.6 is 0 Å². The Morgan fingerprint density at radius 2 is 0.857 bits per heavy atom. The van der Waals surface area contributed by atoms with Gasteiger partial charge in [-0.05, 0) is 107 Å². The Labute approximate surface area is 245 Å². The number of rotatable bonds is 3. The normalized spacial score (nSPS) is 12.6. The van der Waals surface area contributed by atoms with Crippen LogP contribution in [0.5, 0.6) is 0 Å². The summed E-state index contributed by atoms with van der Waals surface area (Å²) in [5, 5.41) is 10.6. The Balaban J connectivity index is 1.28. The van der Waals surface area contributed by atoms with Crippen molar-refractivity contribution >= 4 is 43.1 Å². The maximum absolute atomic E-state index is 2.46. The third-order valence-corrected chi connectivity index (χ3v) is 9.30. The monoisotopic (exact) mass is 532 g/mol. The van der Waals surface area contributed by atoms with E-state index in [-0.39, 0.29) is 0 Å². The maximum Gasteiger partial charge on any atom is -0.00261 e. The van der Waals surface area contributed by atoms with Gasteiger partial charge in [0.25, 0.3) is 0 Å². The van der Waals surface area contributed by atoms with Crippen molar-refractivity contribution in [3.8, 4) is 33.4 Å². The largest absolute Gasteiger partial charge is 0.0616 e. The Morgan fingerprint density at radius 3 is 1.57 bits per heavy atom. The van der Waals surface area contributed by atoms with Gasteiger partial charge in [-0.15, -0.1) is 0 Å². The highest BCUT2D eigenvalue weighted by molar-refractivity contribution is 6.22. The molecule has 0 aromatic heterocycles. The lowest BCUT2D eigenvalue weighted by Crippen LogP contribution is -1.92. The van der Waals surface area contributed by atoms with Crippen LogP contribution in [0, 0.1) is 0 Å². The average molecular weight is 533 g/mol. The number of fused-ring (bicyclic) bond motifs is 3. The molecule has 0 atom stereocenters. The molecular weight excluding hydrogens is 504 g/mol. The minimum atomic E-state index is 1.13. The molecule has 0 bridgehead atoms. The fourth-order valence-corrected chi connectivity index (χ4v) is 7.46. The first-order valence-electron chi connectivity index (χ1n) is 14.9. The van der Waals surface area contributed by atoms with Crippen molar-refractivity contribution in [3.63, 3.8) is 0 Å². The van der Waals surface area contributed by atoms with Crippen LogP contribution in [0.25, 0.3) is 76.5 Å². The second-order valence-corrected chi connectivity index (χ2v) is 11.6. The van der Waals surface area contributed by atoms with Crippen LogP contribution in [0.2, 0.25) is 0 Å². The van der Waals surface area contributed by atoms with Gasteiger partial charge in [0.15, 0.2) is 0 Å². The molecular formula is C42H28. The molecule has 42 heavy (non-hydrogen) atoms. The maximum atomic E-state index is 2.46. The van der Waals surface area contributed by atoms with E-state index in [1.807, 2.05) is 0 Å². The van der Waals surface area contributed by atoms with Crippen LogP contribution in [0.4, 0.5) is 0 Å². The third-order valence-electron chi connectivity index (χ3n) is 9.30. The Kier molecular flexibility index (Phi) is 5.12. The molecule has 0 unspecified atom stereocenters. The fraction of sp³-hybridized carbons (Fsp3) is 0.0476. The molecule has 0 aliphatic heterocycles. The van der Waals surface area contributed by atoms with Crippen molar-refractivity contribution in [2.24, 2.45) is 0 Å². The summed E-state index contributed by atoms with van der Waals surface area (Å²) in [6.07, 6.45) is 2.27. The summed E-state index contributed by atoms with van der Waals surface area (Å²) >= 11 is 0. The molecule has 8 aromatic rings. The van der Waals surface area contributed by atoms with E-state index in [4.69, 9.17) is 0 Å². The molecule has 0 nitrogen and oxygen atoms in total. The van der Waals surface area contributed by atoms with Crippen LogP contribution in [0.3, 0.4) is 0 Å². The van der Waals surface area contributed by atoms with E-state index in [0.29, 0.717) is 0 Å². The Morgan fingerprint density at radius 1 is 0.333 bits per heavy atom. The van der Waals surface area contributed by atoms with Crippen LogP contribution in [-0.4, -0.2) is 0 Å². The average Bonchev–Trinajstić information content (AvgIpc) is 3.47. The van der Waals surface area contributed by atoms with Crippen LogP contribution in [-0.2, 0) is 12.8 Å². The lowest BCUT2D eigenvalue weighted by Gasteiger charge is -2.19. The summed E-state index contributed by atoms with van der Waals surface area (Å²) in [5.41, 5.74) is 10.7. The first kappa shape index (κ1) is 23.5. The first-order chi connectivity index (χ1) is 20.8. The Hall–Kier alpha value is -5.20. The zero-order valence-corrected chi connectivity index (χ0v) is 23.3. The minimum absolute atomic E-state index is 1.13. The van der Waals surface area contributed by atoms with E-state index in [9.17, 15) is 0 Å². The quantitative estimate of drug-likeness (QED) is 0.199. The van der Waals surface area contributed by atoms with Crippen LogP contribution < -0.4 is 0 Å². The van der Waals surface area contributed by atoms with Gasteiger partial charge in [-0.25, -0.2) is 0 Å². The van der Waals surface area contributed by atoms with Gasteiger partial charge >= 0.3 is 0 Å². The molecule has 0 saturated carbocycles. The standard InChI is InChI=1S/C42H28/c1-2-13-34-27(9-1)10-8-18-35(34)28-19-21-30(22-20-28)41-36-14-3-5-16-38(36)42(39-17-6-4-15-37(39)41)33-25-31-12-7-11-29-23-24-32(26-33)40(29)31/h1-22,25-26H,23-24H2. The van der Waals surface area contributed by atoms with E-state index in [1.54, 1.807) is 0 Å². The van der Waals surface area contributed by atoms with Crippen molar-refractivity contribution in [2.75, 3.05) is 0 Å².